The molecule has 2 atom stereocenters. The lowest BCUT2D eigenvalue weighted by molar-refractivity contribution is -0.0282. The van der Waals surface area contributed by atoms with Crippen LogP contribution in [0.4, 0.5) is 0 Å². The molecule has 90 valence electrons. The summed E-state index contributed by atoms with van der Waals surface area (Å²) in [5.41, 5.74) is -0.853. The van der Waals surface area contributed by atoms with Crippen LogP contribution in [0, 0.1) is 17.2 Å². The number of rotatable bonds is 3. The van der Waals surface area contributed by atoms with Crippen LogP contribution in [0.2, 0.25) is 0 Å². The molecule has 0 aromatic rings. The van der Waals surface area contributed by atoms with Crippen LogP contribution in [-0.2, 0) is 9.47 Å². The maximum absolute atomic E-state index is 9.27. The van der Waals surface area contributed by atoms with Crippen LogP contribution < -0.4 is 0 Å². The van der Waals surface area contributed by atoms with Gasteiger partial charge in [0.25, 0.3) is 0 Å². The zero-order chi connectivity index (χ0) is 12.3. The van der Waals surface area contributed by atoms with E-state index in [0.29, 0.717) is 19.0 Å². The Bertz CT molecular complexity index is 418. The van der Waals surface area contributed by atoms with Crippen molar-refractivity contribution in [2.45, 2.75) is 25.6 Å². The van der Waals surface area contributed by atoms with E-state index in [1.807, 2.05) is 38.2 Å². The maximum atomic E-state index is 9.27. The number of ether oxygens (including phenoxy) is 2. The first kappa shape index (κ1) is 11.9. The molecule has 1 aliphatic heterocycles. The van der Waals surface area contributed by atoms with Crippen molar-refractivity contribution < 1.29 is 9.47 Å². The Labute approximate surface area is 101 Å². The molecular formula is C13H16N2O2. The summed E-state index contributed by atoms with van der Waals surface area (Å²) < 4.78 is 11.5. The maximum Gasteiger partial charge on any atom is 0.222 e. The molecule has 0 aromatic carbocycles. The highest BCUT2D eigenvalue weighted by Gasteiger charge is 2.46. The molecule has 4 nitrogen and oxygen atoms in total. The van der Waals surface area contributed by atoms with Gasteiger partial charge in [-0.1, -0.05) is 18.2 Å². The van der Waals surface area contributed by atoms with Crippen LogP contribution in [0.15, 0.2) is 29.3 Å². The summed E-state index contributed by atoms with van der Waals surface area (Å²) in [6, 6.07) is 2.25. The van der Waals surface area contributed by atoms with E-state index in [2.05, 4.69) is 11.1 Å². The minimum absolute atomic E-state index is 0.00565. The van der Waals surface area contributed by atoms with Crippen molar-refractivity contribution in [2.75, 3.05) is 13.2 Å². The molecule has 0 saturated heterocycles. The predicted octanol–water partition coefficient (Wildman–Crippen LogP) is 1.84. The normalized spacial score (nSPS) is 31.2. The number of hydrogen-bond acceptors (Lipinski definition) is 4. The predicted molar refractivity (Wildman–Crippen MR) is 64.6 cm³/mol. The second kappa shape index (κ2) is 4.72. The van der Waals surface area contributed by atoms with Gasteiger partial charge >= 0.3 is 0 Å². The van der Waals surface area contributed by atoms with E-state index in [-0.39, 0.29) is 6.10 Å². The van der Waals surface area contributed by atoms with Gasteiger partial charge in [0.1, 0.15) is 12.5 Å². The zero-order valence-corrected chi connectivity index (χ0v) is 10.1. The van der Waals surface area contributed by atoms with Gasteiger partial charge in [0.05, 0.1) is 18.7 Å². The fourth-order valence-electron chi connectivity index (χ4n) is 2.09. The minimum atomic E-state index is -0.853. The third-order valence-electron chi connectivity index (χ3n) is 2.71. The first-order valence-electron chi connectivity index (χ1n) is 5.80. The summed E-state index contributed by atoms with van der Waals surface area (Å²) in [7, 11) is 0. The fourth-order valence-corrected chi connectivity index (χ4v) is 2.09. The average molecular weight is 232 g/mol. The number of hydrogen-bond donors (Lipinski definition) is 0. The van der Waals surface area contributed by atoms with Crippen LogP contribution >= 0.6 is 0 Å². The second-order valence-electron chi connectivity index (χ2n) is 4.35. The van der Waals surface area contributed by atoms with Crippen LogP contribution in [0.1, 0.15) is 13.8 Å². The van der Waals surface area contributed by atoms with Gasteiger partial charge < -0.3 is 9.47 Å². The van der Waals surface area contributed by atoms with Gasteiger partial charge in [-0.05, 0) is 19.9 Å². The highest BCUT2D eigenvalue weighted by molar-refractivity contribution is 5.90. The van der Waals surface area contributed by atoms with Crippen molar-refractivity contribution in [3.8, 4) is 6.07 Å². The summed E-state index contributed by atoms with van der Waals surface area (Å²) in [4.78, 5) is 4.32. The fraction of sp³-hybridized carbons (Fsp3) is 0.538. The van der Waals surface area contributed by atoms with Gasteiger partial charge in [0, 0.05) is 0 Å². The highest BCUT2D eigenvalue weighted by Crippen LogP contribution is 2.33. The van der Waals surface area contributed by atoms with Crippen molar-refractivity contribution in [1.29, 1.82) is 5.26 Å². The standard InChI is InChI=1S/C13H16N2O2/c1-10(2)17-13(12-15-7-8-16-12)6-4-3-5-11(13)9-14/h3-6,10-11H,7-8H2,1-2H3. The Morgan fingerprint density at radius 2 is 2.41 bits per heavy atom. The van der Waals surface area contributed by atoms with Gasteiger partial charge in [-0.2, -0.15) is 5.26 Å². The summed E-state index contributed by atoms with van der Waals surface area (Å²) in [6.07, 6.45) is 7.41. The summed E-state index contributed by atoms with van der Waals surface area (Å²) >= 11 is 0. The summed E-state index contributed by atoms with van der Waals surface area (Å²) in [5, 5.41) is 9.27. The largest absolute Gasteiger partial charge is 0.477 e. The lowest BCUT2D eigenvalue weighted by Crippen LogP contribution is -2.48. The quantitative estimate of drug-likeness (QED) is 0.746. The number of allylic oxidation sites excluding steroid dienone is 2. The summed E-state index contributed by atoms with van der Waals surface area (Å²) in [5.74, 6) is 0.130. The zero-order valence-electron chi connectivity index (χ0n) is 10.1. The molecule has 0 fully saturated rings. The van der Waals surface area contributed by atoms with Crippen LogP contribution in [0.3, 0.4) is 0 Å². The lowest BCUT2D eigenvalue weighted by Gasteiger charge is -2.35. The van der Waals surface area contributed by atoms with Crippen LogP contribution in [0.5, 0.6) is 0 Å². The van der Waals surface area contributed by atoms with Crippen molar-refractivity contribution in [3.05, 3.63) is 24.3 Å². The Hall–Kier alpha value is -1.60. The van der Waals surface area contributed by atoms with E-state index in [1.54, 1.807) is 0 Å². The molecule has 1 aliphatic carbocycles. The number of nitriles is 1. The second-order valence-corrected chi connectivity index (χ2v) is 4.35. The SMILES string of the molecule is CC(C)OC1(C2=NCCO2)C=CC=CC1C#N. The van der Waals surface area contributed by atoms with Crippen molar-refractivity contribution in [3.63, 3.8) is 0 Å². The minimum Gasteiger partial charge on any atom is -0.477 e. The van der Waals surface area contributed by atoms with Crippen molar-refractivity contribution in [2.24, 2.45) is 10.9 Å². The molecule has 0 aromatic heterocycles. The Morgan fingerprint density at radius 3 is 3.00 bits per heavy atom. The molecule has 0 spiro atoms. The highest BCUT2D eigenvalue weighted by atomic mass is 16.6. The third kappa shape index (κ3) is 2.11. The van der Waals surface area contributed by atoms with Gasteiger partial charge in [0.15, 0.2) is 5.60 Å². The number of aliphatic imine (C=N–C) groups is 1. The Balaban J connectivity index is 2.39. The molecule has 0 saturated carbocycles. The van der Waals surface area contributed by atoms with Crippen molar-refractivity contribution in [1.82, 2.24) is 0 Å². The van der Waals surface area contributed by atoms with E-state index >= 15 is 0 Å². The molecule has 1 heterocycles. The Kier molecular flexibility index (Phi) is 3.30. The molecule has 4 heteroatoms. The molecule has 17 heavy (non-hydrogen) atoms. The Morgan fingerprint density at radius 1 is 1.59 bits per heavy atom. The molecular weight excluding hydrogens is 216 g/mol. The van der Waals surface area contributed by atoms with Gasteiger partial charge in [-0.15, -0.1) is 0 Å². The number of nitrogens with zero attached hydrogens (tertiary/aromatic N) is 2. The molecule has 2 rings (SSSR count). The third-order valence-corrected chi connectivity index (χ3v) is 2.71. The monoisotopic (exact) mass is 232 g/mol. The van der Waals surface area contributed by atoms with E-state index in [0.717, 1.165) is 0 Å². The first-order valence-corrected chi connectivity index (χ1v) is 5.80. The molecule has 0 amide bonds. The van der Waals surface area contributed by atoms with Gasteiger partial charge in [-0.3, -0.25) is 0 Å². The average Bonchev–Trinajstić information content (AvgIpc) is 2.82. The lowest BCUT2D eigenvalue weighted by atomic mass is 9.84. The van der Waals surface area contributed by atoms with E-state index in [4.69, 9.17) is 9.47 Å². The van der Waals surface area contributed by atoms with E-state index in [1.165, 1.54) is 0 Å². The van der Waals surface area contributed by atoms with Crippen molar-refractivity contribution >= 4 is 5.90 Å². The van der Waals surface area contributed by atoms with Gasteiger partial charge in [0.2, 0.25) is 5.90 Å². The first-order chi connectivity index (χ1) is 8.19. The topological polar surface area (TPSA) is 54.6 Å². The smallest absolute Gasteiger partial charge is 0.222 e. The van der Waals surface area contributed by atoms with E-state index < -0.39 is 11.5 Å². The molecule has 0 radical (unpaired) electrons. The van der Waals surface area contributed by atoms with Crippen LogP contribution in [0.25, 0.3) is 0 Å². The summed E-state index contributed by atoms with van der Waals surface area (Å²) in [6.45, 7) is 5.08. The van der Waals surface area contributed by atoms with E-state index in [9.17, 15) is 5.26 Å². The molecule has 2 unspecified atom stereocenters. The molecule has 0 bridgehead atoms. The van der Waals surface area contributed by atoms with Crippen LogP contribution in [-0.4, -0.2) is 30.8 Å². The molecule has 2 aliphatic rings. The molecule has 0 N–H and O–H groups in total. The van der Waals surface area contributed by atoms with Gasteiger partial charge in [-0.25, -0.2) is 4.99 Å².